The van der Waals surface area contributed by atoms with E-state index in [0.29, 0.717) is 30.2 Å². The fraction of sp³-hybridized carbons (Fsp3) is 0.417. The summed E-state index contributed by atoms with van der Waals surface area (Å²) in [6, 6.07) is 12.6. The van der Waals surface area contributed by atoms with Crippen LogP contribution in [0.2, 0.25) is 0 Å². The third-order valence-corrected chi connectivity index (χ3v) is 8.48. The van der Waals surface area contributed by atoms with E-state index in [2.05, 4.69) is 5.32 Å². The van der Waals surface area contributed by atoms with Gasteiger partial charge in [0.2, 0.25) is 0 Å². The van der Waals surface area contributed by atoms with Crippen LogP contribution in [0.3, 0.4) is 0 Å². The van der Waals surface area contributed by atoms with Gasteiger partial charge in [0.15, 0.2) is 14.6 Å². The molecule has 35 heavy (non-hydrogen) atoms. The van der Waals surface area contributed by atoms with Crippen molar-refractivity contribution in [2.45, 2.75) is 29.4 Å². The number of carbonyl (C=O) groups excluding carboxylic acids is 2. The smallest absolute Gasteiger partial charge is 0.265 e. The summed E-state index contributed by atoms with van der Waals surface area (Å²) in [4.78, 5) is 24.6. The number of methoxy groups -OCH3 is 1. The maximum absolute atomic E-state index is 13.3. The number of amides is 2. The van der Waals surface area contributed by atoms with Crippen molar-refractivity contribution >= 4 is 21.7 Å². The first kappa shape index (κ1) is 26.5. The molecule has 11 heteroatoms. The predicted octanol–water partition coefficient (Wildman–Crippen LogP) is 1.97. The van der Waals surface area contributed by atoms with E-state index in [9.17, 15) is 18.0 Å². The van der Waals surface area contributed by atoms with Gasteiger partial charge < -0.3 is 19.5 Å². The molecule has 3 rings (SSSR count). The Labute approximate surface area is 204 Å². The lowest BCUT2D eigenvalue weighted by Crippen LogP contribution is -2.54. The third kappa shape index (κ3) is 5.92. The zero-order valence-electron chi connectivity index (χ0n) is 19.7. The third-order valence-electron chi connectivity index (χ3n) is 5.96. The Balaban J connectivity index is 1.56. The molecule has 0 bridgehead atoms. The van der Waals surface area contributed by atoms with Gasteiger partial charge >= 0.3 is 0 Å². The molecule has 1 fully saturated rings. The van der Waals surface area contributed by atoms with E-state index in [4.69, 9.17) is 19.4 Å². The molecule has 0 saturated carbocycles. The molecule has 1 atom stereocenters. The van der Waals surface area contributed by atoms with E-state index >= 15 is 0 Å². The zero-order chi connectivity index (χ0) is 25.5. The summed E-state index contributed by atoms with van der Waals surface area (Å²) in [5, 5.41) is 12.0. The number of ether oxygens (including phenoxy) is 3. The minimum absolute atomic E-state index is 0.0145. The number of rotatable bonds is 10. The van der Waals surface area contributed by atoms with Crippen molar-refractivity contribution in [3.05, 3.63) is 54.1 Å². The molecule has 0 aromatic heterocycles. The van der Waals surface area contributed by atoms with Gasteiger partial charge in [-0.25, -0.2) is 13.9 Å². The van der Waals surface area contributed by atoms with Crippen LogP contribution in [0.15, 0.2) is 53.4 Å². The van der Waals surface area contributed by atoms with Crippen LogP contribution in [0.5, 0.6) is 11.5 Å². The van der Waals surface area contributed by atoms with Gasteiger partial charge in [-0.2, -0.15) is 0 Å². The molecule has 1 saturated heterocycles. The van der Waals surface area contributed by atoms with E-state index < -0.39 is 20.5 Å². The summed E-state index contributed by atoms with van der Waals surface area (Å²) in [7, 11) is -2.54. The van der Waals surface area contributed by atoms with E-state index in [0.717, 1.165) is 0 Å². The van der Waals surface area contributed by atoms with Crippen molar-refractivity contribution in [1.29, 1.82) is 0 Å². The minimum Gasteiger partial charge on any atom is -0.497 e. The maximum Gasteiger partial charge on any atom is 0.265 e. The summed E-state index contributed by atoms with van der Waals surface area (Å²) in [6.07, 6.45) is -0.112. The number of benzene rings is 2. The Hall–Kier alpha value is -3.15. The largest absolute Gasteiger partial charge is 0.497 e. The lowest BCUT2D eigenvalue weighted by Gasteiger charge is -2.34. The number of nitrogens with one attached hydrogen (secondary N) is 2. The molecule has 0 unspecified atom stereocenters. The molecule has 2 amide bonds. The van der Waals surface area contributed by atoms with Gasteiger partial charge in [0.25, 0.3) is 11.8 Å². The highest BCUT2D eigenvalue weighted by molar-refractivity contribution is 7.93. The van der Waals surface area contributed by atoms with Gasteiger partial charge in [-0.05, 0) is 61.4 Å². The first-order valence-electron chi connectivity index (χ1n) is 11.2. The van der Waals surface area contributed by atoms with E-state index in [1.54, 1.807) is 31.4 Å². The average molecular weight is 507 g/mol. The number of carbonyl (C=O) groups is 2. The molecule has 3 N–H and O–H groups in total. The fourth-order valence-corrected chi connectivity index (χ4v) is 5.71. The molecule has 0 spiro atoms. The Morgan fingerprint density at radius 3 is 2.23 bits per heavy atom. The molecule has 190 valence electrons. The van der Waals surface area contributed by atoms with Crippen LogP contribution in [0.4, 0.5) is 0 Å². The van der Waals surface area contributed by atoms with Crippen LogP contribution in [-0.4, -0.2) is 63.7 Å². The summed E-state index contributed by atoms with van der Waals surface area (Å²) in [5.41, 5.74) is 2.02. The lowest BCUT2D eigenvalue weighted by atomic mass is 9.98. The highest BCUT2D eigenvalue weighted by Gasteiger charge is 2.52. The van der Waals surface area contributed by atoms with Gasteiger partial charge in [-0.1, -0.05) is 6.92 Å². The van der Waals surface area contributed by atoms with E-state index in [1.807, 2.05) is 6.92 Å². The lowest BCUT2D eigenvalue weighted by molar-refractivity contribution is -0.134. The minimum atomic E-state index is -4.09. The standard InChI is InChI=1S/C24H30N2O8S/c1-17(15-25-22(27)18-3-5-19(32-2)6-4-18)16-34-20-7-9-21(10-8-20)35(30,31)24(23(28)26-29)11-13-33-14-12-24/h3-10,17,29H,11-16H2,1-2H3,(H,25,27)(H,26,28)/t17-/m1/s1. The van der Waals surface area contributed by atoms with Crippen molar-refractivity contribution in [2.75, 3.05) is 33.5 Å². The summed E-state index contributed by atoms with van der Waals surface area (Å²) in [6.45, 7) is 2.79. The van der Waals surface area contributed by atoms with Gasteiger partial charge in [0.05, 0.1) is 18.6 Å². The van der Waals surface area contributed by atoms with E-state index in [-0.39, 0.29) is 42.8 Å². The first-order chi connectivity index (χ1) is 16.7. The molecular formula is C24H30N2O8S. The summed E-state index contributed by atoms with van der Waals surface area (Å²) >= 11 is 0. The Morgan fingerprint density at radius 1 is 1.06 bits per heavy atom. The number of sulfone groups is 1. The van der Waals surface area contributed by atoms with Gasteiger partial charge in [0, 0.05) is 31.2 Å². The molecule has 1 aliphatic rings. The molecule has 2 aromatic rings. The van der Waals surface area contributed by atoms with Crippen LogP contribution < -0.4 is 20.3 Å². The Morgan fingerprint density at radius 2 is 1.66 bits per heavy atom. The maximum atomic E-state index is 13.3. The fourth-order valence-electron chi connectivity index (χ4n) is 3.77. The first-order valence-corrected chi connectivity index (χ1v) is 12.6. The highest BCUT2D eigenvalue weighted by atomic mass is 32.2. The van der Waals surface area contributed by atoms with Crippen LogP contribution in [-0.2, 0) is 19.4 Å². The normalized spacial score (nSPS) is 16.1. The highest BCUT2D eigenvalue weighted by Crippen LogP contribution is 2.35. The monoisotopic (exact) mass is 506 g/mol. The predicted molar refractivity (Wildman–Crippen MR) is 126 cm³/mol. The molecule has 2 aromatic carbocycles. The Kier molecular flexibility index (Phi) is 8.71. The van der Waals surface area contributed by atoms with Gasteiger partial charge in [0.1, 0.15) is 11.5 Å². The molecule has 0 aliphatic carbocycles. The van der Waals surface area contributed by atoms with Crippen molar-refractivity contribution in [3.63, 3.8) is 0 Å². The number of hydrogen-bond acceptors (Lipinski definition) is 8. The summed E-state index contributed by atoms with van der Waals surface area (Å²) < 4.78 is 40.8. The van der Waals surface area contributed by atoms with Crippen molar-refractivity contribution in [3.8, 4) is 11.5 Å². The number of hydrogen-bond donors (Lipinski definition) is 3. The quantitative estimate of drug-likeness (QED) is 0.328. The van der Waals surface area contributed by atoms with Crippen molar-refractivity contribution < 1.29 is 37.4 Å². The van der Waals surface area contributed by atoms with Crippen LogP contribution >= 0.6 is 0 Å². The zero-order valence-corrected chi connectivity index (χ0v) is 20.5. The van der Waals surface area contributed by atoms with Crippen LogP contribution in [0.25, 0.3) is 0 Å². The SMILES string of the molecule is COc1ccc(C(=O)NC[C@@H](C)COc2ccc(S(=O)(=O)C3(C(=O)NO)CCOCC3)cc2)cc1. The molecular weight excluding hydrogens is 476 g/mol. The van der Waals surface area contributed by atoms with Gasteiger partial charge in [-0.15, -0.1) is 0 Å². The van der Waals surface area contributed by atoms with Crippen LogP contribution in [0.1, 0.15) is 30.1 Å². The van der Waals surface area contributed by atoms with Crippen molar-refractivity contribution in [2.24, 2.45) is 5.92 Å². The molecule has 10 nitrogen and oxygen atoms in total. The molecule has 1 heterocycles. The van der Waals surface area contributed by atoms with Crippen molar-refractivity contribution in [1.82, 2.24) is 10.8 Å². The molecule has 1 aliphatic heterocycles. The summed E-state index contributed by atoms with van der Waals surface area (Å²) in [5.74, 6) is -0.0688. The molecule has 0 radical (unpaired) electrons. The number of hydroxylamine groups is 1. The van der Waals surface area contributed by atoms with E-state index in [1.165, 1.54) is 29.7 Å². The van der Waals surface area contributed by atoms with Gasteiger partial charge in [-0.3, -0.25) is 14.8 Å². The second-order valence-corrected chi connectivity index (χ2v) is 10.6. The van der Waals surface area contributed by atoms with Crippen LogP contribution in [0, 0.1) is 5.92 Å². The topological polar surface area (TPSA) is 140 Å². The second kappa shape index (κ2) is 11.5. The Bertz CT molecular complexity index is 1110. The average Bonchev–Trinajstić information content (AvgIpc) is 2.90. The second-order valence-electron chi connectivity index (χ2n) is 8.38.